The van der Waals surface area contributed by atoms with E-state index < -0.39 is 5.60 Å². The number of rotatable bonds is 3. The molecule has 4 heteroatoms. The van der Waals surface area contributed by atoms with Crippen molar-refractivity contribution in [3.8, 4) is 0 Å². The van der Waals surface area contributed by atoms with Crippen molar-refractivity contribution in [3.05, 3.63) is 35.5 Å². The summed E-state index contributed by atoms with van der Waals surface area (Å²) in [6.07, 6.45) is 4.27. The van der Waals surface area contributed by atoms with Gasteiger partial charge in [-0.3, -0.25) is 9.69 Å². The zero-order chi connectivity index (χ0) is 17.3. The van der Waals surface area contributed by atoms with Crippen LogP contribution in [0.3, 0.4) is 0 Å². The molecule has 2 aromatic rings. The minimum atomic E-state index is -0.406. The standard InChI is InChI=1S/C20H28N2O2/c1-14-12-21-17-7-5-6-16(19(14)17)15-8-10-22(11-9-15)13-18(23)24-20(2,3)4/h5-7,12,15,21H,8-11,13H2,1-4H3. The highest BCUT2D eigenvalue weighted by molar-refractivity contribution is 5.86. The zero-order valence-electron chi connectivity index (χ0n) is 15.2. The van der Waals surface area contributed by atoms with Gasteiger partial charge in [0.1, 0.15) is 5.60 Å². The minimum absolute atomic E-state index is 0.121. The van der Waals surface area contributed by atoms with E-state index in [2.05, 4.69) is 41.2 Å². The van der Waals surface area contributed by atoms with Crippen molar-refractivity contribution in [1.82, 2.24) is 9.88 Å². The Balaban J connectivity index is 1.63. The molecule has 130 valence electrons. The average molecular weight is 328 g/mol. The number of aryl methyl sites for hydroxylation is 1. The molecule has 1 aliphatic rings. The summed E-state index contributed by atoms with van der Waals surface area (Å²) in [5, 5.41) is 1.38. The van der Waals surface area contributed by atoms with E-state index in [1.807, 2.05) is 20.8 Å². The van der Waals surface area contributed by atoms with Gasteiger partial charge in [-0.05, 0) is 76.7 Å². The first kappa shape index (κ1) is 17.0. The van der Waals surface area contributed by atoms with Gasteiger partial charge in [-0.2, -0.15) is 0 Å². The van der Waals surface area contributed by atoms with Gasteiger partial charge in [0.15, 0.2) is 0 Å². The molecule has 24 heavy (non-hydrogen) atoms. The van der Waals surface area contributed by atoms with Crippen LogP contribution in [0.5, 0.6) is 0 Å². The van der Waals surface area contributed by atoms with Crippen molar-refractivity contribution in [2.75, 3.05) is 19.6 Å². The summed E-state index contributed by atoms with van der Waals surface area (Å²) in [6, 6.07) is 6.54. The number of piperidine rings is 1. The van der Waals surface area contributed by atoms with Gasteiger partial charge in [0.05, 0.1) is 6.54 Å². The molecule has 1 saturated heterocycles. The lowest BCUT2D eigenvalue weighted by molar-refractivity contribution is -0.156. The molecule has 0 radical (unpaired) electrons. The monoisotopic (exact) mass is 328 g/mol. The number of esters is 1. The van der Waals surface area contributed by atoms with E-state index >= 15 is 0 Å². The van der Waals surface area contributed by atoms with Gasteiger partial charge in [-0.25, -0.2) is 0 Å². The Labute approximate surface area is 144 Å². The molecule has 0 bridgehead atoms. The van der Waals surface area contributed by atoms with Crippen LogP contribution in [0.15, 0.2) is 24.4 Å². The van der Waals surface area contributed by atoms with Gasteiger partial charge in [0, 0.05) is 17.1 Å². The minimum Gasteiger partial charge on any atom is -0.459 e. The van der Waals surface area contributed by atoms with Crippen molar-refractivity contribution in [3.63, 3.8) is 0 Å². The molecule has 0 amide bonds. The number of benzene rings is 1. The Hall–Kier alpha value is -1.81. The second-order valence-electron chi connectivity index (χ2n) is 7.88. The smallest absolute Gasteiger partial charge is 0.320 e. The van der Waals surface area contributed by atoms with Gasteiger partial charge in [0.2, 0.25) is 0 Å². The van der Waals surface area contributed by atoms with Crippen LogP contribution >= 0.6 is 0 Å². The summed E-state index contributed by atoms with van der Waals surface area (Å²) in [4.78, 5) is 17.6. The van der Waals surface area contributed by atoms with Crippen molar-refractivity contribution in [2.45, 2.75) is 52.1 Å². The second kappa shape index (κ2) is 6.60. The number of aromatic amines is 1. The van der Waals surface area contributed by atoms with E-state index in [9.17, 15) is 4.79 Å². The quantitative estimate of drug-likeness (QED) is 0.866. The first-order chi connectivity index (χ1) is 11.3. The topological polar surface area (TPSA) is 45.3 Å². The average Bonchev–Trinajstić information content (AvgIpc) is 2.88. The number of H-pyrrole nitrogens is 1. The number of nitrogens with zero attached hydrogens (tertiary/aromatic N) is 1. The van der Waals surface area contributed by atoms with E-state index in [1.54, 1.807) is 0 Å². The first-order valence-corrected chi connectivity index (χ1v) is 8.84. The van der Waals surface area contributed by atoms with Gasteiger partial charge < -0.3 is 9.72 Å². The van der Waals surface area contributed by atoms with Crippen LogP contribution in [0.25, 0.3) is 10.9 Å². The van der Waals surface area contributed by atoms with Crippen molar-refractivity contribution in [1.29, 1.82) is 0 Å². The molecule has 3 rings (SSSR count). The Morgan fingerprint density at radius 2 is 2.00 bits per heavy atom. The molecule has 0 spiro atoms. The molecular weight excluding hydrogens is 300 g/mol. The Morgan fingerprint density at radius 3 is 2.67 bits per heavy atom. The largest absolute Gasteiger partial charge is 0.459 e. The van der Waals surface area contributed by atoms with E-state index in [0.717, 1.165) is 25.9 Å². The predicted molar refractivity (Wildman–Crippen MR) is 97.3 cm³/mol. The van der Waals surface area contributed by atoms with Crippen LogP contribution in [0.2, 0.25) is 0 Å². The number of hydrogen-bond donors (Lipinski definition) is 1. The molecule has 0 saturated carbocycles. The Morgan fingerprint density at radius 1 is 1.29 bits per heavy atom. The van der Waals surface area contributed by atoms with Crippen molar-refractivity contribution in [2.24, 2.45) is 0 Å². The molecule has 0 unspecified atom stereocenters. The first-order valence-electron chi connectivity index (χ1n) is 8.84. The lowest BCUT2D eigenvalue weighted by Crippen LogP contribution is -2.39. The van der Waals surface area contributed by atoms with E-state index in [-0.39, 0.29) is 5.97 Å². The van der Waals surface area contributed by atoms with Gasteiger partial charge in [-0.15, -0.1) is 0 Å². The summed E-state index contributed by atoms with van der Waals surface area (Å²) in [7, 11) is 0. The molecule has 1 fully saturated rings. The third-order valence-electron chi connectivity index (χ3n) is 4.74. The molecule has 0 atom stereocenters. The number of likely N-dealkylation sites (tertiary alicyclic amines) is 1. The summed E-state index contributed by atoms with van der Waals surface area (Å²) in [6.45, 7) is 10.2. The van der Waals surface area contributed by atoms with E-state index in [1.165, 1.54) is 22.0 Å². The van der Waals surface area contributed by atoms with Crippen LogP contribution in [0.4, 0.5) is 0 Å². The normalized spacial score (nSPS) is 17.3. The lowest BCUT2D eigenvalue weighted by Gasteiger charge is -2.32. The molecule has 1 aromatic heterocycles. The number of carbonyl (C=O) groups is 1. The SMILES string of the molecule is Cc1c[nH]c2cccc(C3CCN(CC(=O)OC(C)(C)C)CC3)c12. The maximum Gasteiger partial charge on any atom is 0.320 e. The molecule has 1 aliphatic heterocycles. The molecule has 1 N–H and O–H groups in total. The molecular formula is C20H28N2O2. The maximum atomic E-state index is 12.0. The van der Waals surface area contributed by atoms with E-state index in [4.69, 9.17) is 4.74 Å². The number of hydrogen-bond acceptors (Lipinski definition) is 3. The van der Waals surface area contributed by atoms with Crippen molar-refractivity contribution >= 4 is 16.9 Å². The zero-order valence-corrected chi connectivity index (χ0v) is 15.2. The van der Waals surface area contributed by atoms with Gasteiger partial charge in [0.25, 0.3) is 0 Å². The van der Waals surface area contributed by atoms with Gasteiger partial charge in [-0.1, -0.05) is 12.1 Å². The Kier molecular flexibility index (Phi) is 4.68. The van der Waals surface area contributed by atoms with Crippen LogP contribution in [-0.2, 0) is 9.53 Å². The number of nitrogens with one attached hydrogen (secondary N) is 1. The third kappa shape index (κ3) is 3.81. The molecule has 0 aliphatic carbocycles. The van der Waals surface area contributed by atoms with Crippen molar-refractivity contribution < 1.29 is 9.53 Å². The number of fused-ring (bicyclic) bond motifs is 1. The fraction of sp³-hybridized carbons (Fsp3) is 0.550. The highest BCUT2D eigenvalue weighted by Gasteiger charge is 2.25. The summed E-state index contributed by atoms with van der Waals surface area (Å²) < 4.78 is 5.43. The van der Waals surface area contributed by atoms with Crippen LogP contribution in [0, 0.1) is 6.92 Å². The summed E-state index contributed by atoms with van der Waals surface area (Å²) in [5.41, 5.74) is 3.58. The van der Waals surface area contributed by atoms with E-state index in [0.29, 0.717) is 12.5 Å². The van der Waals surface area contributed by atoms with Gasteiger partial charge >= 0.3 is 5.97 Å². The fourth-order valence-corrected chi connectivity index (χ4v) is 3.69. The Bertz CT molecular complexity index is 719. The fourth-order valence-electron chi connectivity index (χ4n) is 3.69. The second-order valence-corrected chi connectivity index (χ2v) is 7.88. The summed E-state index contributed by atoms with van der Waals surface area (Å²) >= 11 is 0. The number of carbonyl (C=O) groups excluding carboxylic acids is 1. The number of ether oxygens (including phenoxy) is 1. The molecule has 1 aromatic carbocycles. The maximum absolute atomic E-state index is 12.0. The predicted octanol–water partition coefficient (Wildman–Crippen LogP) is 4.00. The lowest BCUT2D eigenvalue weighted by atomic mass is 9.86. The number of aromatic nitrogens is 1. The molecule has 4 nitrogen and oxygen atoms in total. The highest BCUT2D eigenvalue weighted by atomic mass is 16.6. The van der Waals surface area contributed by atoms with Crippen LogP contribution in [0.1, 0.15) is 50.7 Å². The van der Waals surface area contributed by atoms with Crippen LogP contribution in [-0.4, -0.2) is 41.1 Å². The third-order valence-corrected chi connectivity index (χ3v) is 4.74. The molecule has 2 heterocycles. The highest BCUT2D eigenvalue weighted by Crippen LogP contribution is 2.34. The summed E-state index contributed by atoms with van der Waals surface area (Å²) in [5.74, 6) is 0.447. The van der Waals surface area contributed by atoms with Crippen LogP contribution < -0.4 is 0 Å².